The minimum absolute atomic E-state index is 0.0460. The Morgan fingerprint density at radius 1 is 0.579 bits per heavy atom. The van der Waals surface area contributed by atoms with Crippen LogP contribution in [0, 0.1) is 12.8 Å². The summed E-state index contributed by atoms with van der Waals surface area (Å²) in [5.74, 6) is 1.15. The van der Waals surface area contributed by atoms with Gasteiger partial charge in [-0.2, -0.15) is 0 Å². The lowest BCUT2D eigenvalue weighted by molar-refractivity contribution is -0.135. The van der Waals surface area contributed by atoms with E-state index in [1.807, 2.05) is 31.2 Å². The Morgan fingerprint density at radius 2 is 0.947 bits per heavy atom. The first-order valence-electron chi connectivity index (χ1n) is 16.9. The molecule has 2 heteroatoms. The molecular formula is C36H64O2. The number of hydrogen-bond acceptors (Lipinski definition) is 2. The lowest BCUT2D eigenvalue weighted by atomic mass is 9.91. The number of unbranched alkanes of at least 4 members (excludes halogenated alkanes) is 20. The molecule has 1 aromatic carbocycles. The highest BCUT2D eigenvalue weighted by molar-refractivity contribution is 5.73. The van der Waals surface area contributed by atoms with Crippen molar-refractivity contribution in [3.05, 3.63) is 29.8 Å². The topological polar surface area (TPSA) is 26.3 Å². The van der Waals surface area contributed by atoms with E-state index >= 15 is 0 Å². The fraction of sp³-hybridized carbons (Fsp3) is 0.806. The van der Waals surface area contributed by atoms with Gasteiger partial charge in [-0.15, -0.1) is 0 Å². The van der Waals surface area contributed by atoms with Crippen LogP contribution in [0.1, 0.15) is 180 Å². The van der Waals surface area contributed by atoms with Crippen molar-refractivity contribution < 1.29 is 9.53 Å². The van der Waals surface area contributed by atoms with Gasteiger partial charge in [0.25, 0.3) is 0 Å². The van der Waals surface area contributed by atoms with E-state index in [2.05, 4.69) is 13.8 Å². The largest absolute Gasteiger partial charge is 0.426 e. The number of benzene rings is 1. The Labute approximate surface area is 238 Å². The summed E-state index contributed by atoms with van der Waals surface area (Å²) in [6, 6.07) is 7.86. The second kappa shape index (κ2) is 25.9. The molecule has 0 fully saturated rings. The fourth-order valence-corrected chi connectivity index (χ4v) is 5.61. The van der Waals surface area contributed by atoms with E-state index < -0.39 is 0 Å². The van der Waals surface area contributed by atoms with Gasteiger partial charge < -0.3 is 4.74 Å². The van der Waals surface area contributed by atoms with Crippen molar-refractivity contribution in [1.29, 1.82) is 0 Å². The van der Waals surface area contributed by atoms with Gasteiger partial charge in [-0.05, 0) is 37.3 Å². The average molecular weight is 529 g/mol. The number of esters is 1. The first kappa shape index (κ1) is 34.7. The van der Waals surface area contributed by atoms with Gasteiger partial charge in [0.15, 0.2) is 0 Å². The summed E-state index contributed by atoms with van der Waals surface area (Å²) in [4.78, 5) is 12.8. The molecule has 0 aromatic heterocycles. The van der Waals surface area contributed by atoms with Gasteiger partial charge in [-0.3, -0.25) is 4.79 Å². The van der Waals surface area contributed by atoms with Crippen LogP contribution >= 0.6 is 0 Å². The first-order valence-corrected chi connectivity index (χ1v) is 16.9. The molecule has 38 heavy (non-hydrogen) atoms. The van der Waals surface area contributed by atoms with E-state index in [1.165, 1.54) is 154 Å². The Morgan fingerprint density at radius 3 is 1.34 bits per heavy atom. The highest BCUT2D eigenvalue weighted by Crippen LogP contribution is 2.24. The molecule has 1 aromatic rings. The van der Waals surface area contributed by atoms with Crippen LogP contribution in [0.2, 0.25) is 0 Å². The number of ether oxygens (including phenoxy) is 1. The van der Waals surface area contributed by atoms with Crippen LogP contribution in [-0.2, 0) is 4.79 Å². The number of aryl methyl sites for hydroxylation is 1. The first-order chi connectivity index (χ1) is 18.7. The average Bonchev–Trinajstić information content (AvgIpc) is 2.91. The normalized spacial score (nSPS) is 12.1. The standard InChI is InChI=1S/C36H64O2/c1-4-6-8-10-12-14-16-17-19-21-23-25-30-34(29-24-22-20-18-15-13-11-9-7-5-2)32-36(37)38-35-31-27-26-28-33(35)3/h26-28,31,34H,4-25,29-30,32H2,1-3H3. The van der Waals surface area contributed by atoms with Gasteiger partial charge in [0.1, 0.15) is 5.75 Å². The van der Waals surface area contributed by atoms with Crippen LogP contribution in [-0.4, -0.2) is 5.97 Å². The van der Waals surface area contributed by atoms with E-state index in [-0.39, 0.29) is 5.97 Å². The number of para-hydroxylation sites is 1. The van der Waals surface area contributed by atoms with Crippen LogP contribution in [0.3, 0.4) is 0 Å². The monoisotopic (exact) mass is 528 g/mol. The van der Waals surface area contributed by atoms with Crippen molar-refractivity contribution in [3.8, 4) is 5.75 Å². The molecule has 0 bridgehead atoms. The highest BCUT2D eigenvalue weighted by atomic mass is 16.5. The second-order valence-corrected chi connectivity index (χ2v) is 12.0. The zero-order valence-electron chi connectivity index (χ0n) is 25.9. The zero-order chi connectivity index (χ0) is 27.5. The molecule has 2 nitrogen and oxygen atoms in total. The Bertz CT molecular complexity index is 652. The van der Waals surface area contributed by atoms with E-state index in [0.717, 1.165) is 11.3 Å². The Kier molecular flexibility index (Phi) is 23.7. The maximum atomic E-state index is 12.8. The number of hydrogen-bond donors (Lipinski definition) is 0. The van der Waals surface area contributed by atoms with Crippen LogP contribution in [0.25, 0.3) is 0 Å². The van der Waals surface area contributed by atoms with E-state index in [4.69, 9.17) is 4.74 Å². The van der Waals surface area contributed by atoms with Crippen molar-refractivity contribution in [2.45, 2.75) is 181 Å². The second-order valence-electron chi connectivity index (χ2n) is 12.0. The third-order valence-corrected chi connectivity index (χ3v) is 8.20. The van der Waals surface area contributed by atoms with Crippen molar-refractivity contribution in [2.75, 3.05) is 0 Å². The third kappa shape index (κ3) is 20.6. The van der Waals surface area contributed by atoms with Crippen molar-refractivity contribution in [3.63, 3.8) is 0 Å². The molecule has 1 unspecified atom stereocenters. The maximum absolute atomic E-state index is 12.8. The summed E-state index contributed by atoms with van der Waals surface area (Å²) < 4.78 is 5.75. The predicted molar refractivity (Wildman–Crippen MR) is 167 cm³/mol. The maximum Gasteiger partial charge on any atom is 0.311 e. The molecule has 0 aliphatic carbocycles. The molecular weight excluding hydrogens is 464 g/mol. The molecule has 220 valence electrons. The smallest absolute Gasteiger partial charge is 0.311 e. The number of rotatable bonds is 27. The molecule has 0 amide bonds. The molecule has 0 saturated carbocycles. The number of carbonyl (C=O) groups excluding carboxylic acids is 1. The van der Waals surface area contributed by atoms with Crippen LogP contribution in [0.15, 0.2) is 24.3 Å². The SMILES string of the molecule is CCCCCCCCCCCCCCC(CCCCCCCCCCCC)CC(=O)Oc1ccccc1C. The van der Waals surface area contributed by atoms with Gasteiger partial charge in [-0.1, -0.05) is 173 Å². The van der Waals surface area contributed by atoms with Crippen LogP contribution in [0.5, 0.6) is 5.75 Å². The summed E-state index contributed by atoms with van der Waals surface area (Å²) in [5, 5.41) is 0. The molecule has 0 N–H and O–H groups in total. The van der Waals surface area contributed by atoms with E-state index in [1.54, 1.807) is 0 Å². The summed E-state index contributed by atoms with van der Waals surface area (Å²) in [6.07, 6.45) is 33.2. The highest BCUT2D eigenvalue weighted by Gasteiger charge is 2.16. The minimum atomic E-state index is -0.0460. The lowest BCUT2D eigenvalue weighted by Gasteiger charge is -2.17. The molecule has 0 heterocycles. The van der Waals surface area contributed by atoms with Gasteiger partial charge in [0, 0.05) is 6.42 Å². The molecule has 0 aliphatic rings. The summed E-state index contributed by atoms with van der Waals surface area (Å²) in [5.41, 5.74) is 1.04. The Hall–Kier alpha value is -1.31. The molecule has 0 aliphatic heterocycles. The predicted octanol–water partition coefficient (Wildman–Crippen LogP) is 12.3. The molecule has 0 saturated heterocycles. The number of carbonyl (C=O) groups is 1. The van der Waals surface area contributed by atoms with Crippen LogP contribution < -0.4 is 4.74 Å². The fourth-order valence-electron chi connectivity index (χ4n) is 5.61. The van der Waals surface area contributed by atoms with Crippen molar-refractivity contribution >= 4 is 5.97 Å². The van der Waals surface area contributed by atoms with Gasteiger partial charge in [0.2, 0.25) is 0 Å². The molecule has 0 spiro atoms. The van der Waals surface area contributed by atoms with Gasteiger partial charge in [0.05, 0.1) is 0 Å². The quantitative estimate of drug-likeness (QED) is 0.0644. The summed E-state index contributed by atoms with van der Waals surface area (Å²) >= 11 is 0. The van der Waals surface area contributed by atoms with Gasteiger partial charge >= 0.3 is 5.97 Å². The van der Waals surface area contributed by atoms with Crippen molar-refractivity contribution in [1.82, 2.24) is 0 Å². The van der Waals surface area contributed by atoms with Crippen molar-refractivity contribution in [2.24, 2.45) is 5.92 Å². The lowest BCUT2D eigenvalue weighted by Crippen LogP contribution is -2.15. The third-order valence-electron chi connectivity index (χ3n) is 8.20. The molecule has 1 rings (SSSR count). The van der Waals surface area contributed by atoms with Gasteiger partial charge in [-0.25, -0.2) is 0 Å². The summed E-state index contributed by atoms with van der Waals surface area (Å²) in [6.45, 7) is 6.58. The summed E-state index contributed by atoms with van der Waals surface area (Å²) in [7, 11) is 0. The molecule has 1 atom stereocenters. The van der Waals surface area contributed by atoms with Crippen LogP contribution in [0.4, 0.5) is 0 Å². The molecule has 0 radical (unpaired) electrons. The minimum Gasteiger partial charge on any atom is -0.426 e. The van der Waals surface area contributed by atoms with E-state index in [9.17, 15) is 4.79 Å². The Balaban J connectivity index is 2.24. The van der Waals surface area contributed by atoms with E-state index in [0.29, 0.717) is 12.3 Å². The zero-order valence-corrected chi connectivity index (χ0v) is 25.9.